The van der Waals surface area contributed by atoms with Crippen molar-refractivity contribution in [2.75, 3.05) is 11.9 Å². The minimum atomic E-state index is -0.119. The Labute approximate surface area is 236 Å². The van der Waals surface area contributed by atoms with E-state index in [1.54, 1.807) is 0 Å². The van der Waals surface area contributed by atoms with Gasteiger partial charge in [-0.15, -0.1) is 0 Å². The molecule has 0 bridgehead atoms. The Morgan fingerprint density at radius 1 is 1.00 bits per heavy atom. The van der Waals surface area contributed by atoms with Crippen molar-refractivity contribution < 1.29 is 4.79 Å². The summed E-state index contributed by atoms with van der Waals surface area (Å²) in [5.74, 6) is -0.0268. The number of carbonyl (C=O) groups is 1. The lowest BCUT2D eigenvalue weighted by molar-refractivity contribution is -0.116. The van der Waals surface area contributed by atoms with E-state index in [9.17, 15) is 4.79 Å². The lowest BCUT2D eigenvalue weighted by Gasteiger charge is -2.28. The van der Waals surface area contributed by atoms with Crippen LogP contribution >= 0.6 is 12.2 Å². The van der Waals surface area contributed by atoms with E-state index in [1.165, 1.54) is 22.5 Å². The summed E-state index contributed by atoms with van der Waals surface area (Å²) in [6.07, 6.45) is 2.14. The molecule has 0 unspecified atom stereocenters. The van der Waals surface area contributed by atoms with Crippen molar-refractivity contribution in [2.24, 2.45) is 0 Å². The molecule has 2 aromatic carbocycles. The van der Waals surface area contributed by atoms with Gasteiger partial charge in [-0.05, 0) is 86.4 Å². The van der Waals surface area contributed by atoms with Crippen LogP contribution in [0.15, 0.2) is 79.0 Å². The number of nitrogens with zero attached hydrogens (tertiary/aromatic N) is 3. The van der Waals surface area contributed by atoms with Gasteiger partial charge in [-0.1, -0.05) is 48.5 Å². The summed E-state index contributed by atoms with van der Waals surface area (Å²) in [5.41, 5.74) is 8.79. The van der Waals surface area contributed by atoms with Crippen LogP contribution in [0.5, 0.6) is 0 Å². The molecule has 1 aliphatic rings. The number of rotatable bonds is 8. The van der Waals surface area contributed by atoms with Gasteiger partial charge in [-0.25, -0.2) is 0 Å². The summed E-state index contributed by atoms with van der Waals surface area (Å²) in [5, 5.41) is 7.25. The second-order valence-corrected chi connectivity index (χ2v) is 10.7. The second kappa shape index (κ2) is 11.4. The largest absolute Gasteiger partial charge is 0.352 e. The SMILES string of the molecule is Cc1ccc(C)c(NC(=O)CCN2C(=S)N[C@H](c3ccccn3)[C@@H]2c2cc(C)n(Cc3ccccc3)c2C)c1. The third kappa shape index (κ3) is 5.73. The molecule has 0 spiro atoms. The highest BCUT2D eigenvalue weighted by Gasteiger charge is 2.41. The number of anilines is 1. The molecule has 6 nitrogen and oxygen atoms in total. The molecule has 2 atom stereocenters. The lowest BCUT2D eigenvalue weighted by Crippen LogP contribution is -2.33. The Kier molecular flexibility index (Phi) is 7.79. The molecule has 5 rings (SSSR count). The van der Waals surface area contributed by atoms with E-state index in [4.69, 9.17) is 12.2 Å². The average Bonchev–Trinajstić information content (AvgIpc) is 3.41. The highest BCUT2D eigenvalue weighted by molar-refractivity contribution is 7.80. The molecule has 4 aromatic rings. The van der Waals surface area contributed by atoms with Crippen molar-refractivity contribution in [3.63, 3.8) is 0 Å². The summed E-state index contributed by atoms with van der Waals surface area (Å²) in [6, 6.07) is 24.6. The van der Waals surface area contributed by atoms with E-state index < -0.39 is 0 Å². The van der Waals surface area contributed by atoms with Crippen LogP contribution in [0.1, 0.15) is 57.8 Å². The van der Waals surface area contributed by atoms with Crippen molar-refractivity contribution in [3.8, 4) is 0 Å². The predicted molar refractivity (Wildman–Crippen MR) is 161 cm³/mol. The van der Waals surface area contributed by atoms with Crippen molar-refractivity contribution in [2.45, 2.75) is 52.7 Å². The van der Waals surface area contributed by atoms with Crippen LogP contribution in [0, 0.1) is 27.7 Å². The van der Waals surface area contributed by atoms with E-state index in [1.807, 2.05) is 56.4 Å². The fourth-order valence-corrected chi connectivity index (χ4v) is 5.76. The number of hydrogen-bond acceptors (Lipinski definition) is 3. The van der Waals surface area contributed by atoms with Crippen LogP contribution in [-0.4, -0.2) is 32.0 Å². The molecule has 1 saturated heterocycles. The molecule has 1 aliphatic heterocycles. The minimum Gasteiger partial charge on any atom is -0.352 e. The molecule has 7 heteroatoms. The minimum absolute atomic E-state index is 0.0268. The number of aromatic nitrogens is 2. The zero-order chi connectivity index (χ0) is 27.5. The first-order valence-electron chi connectivity index (χ1n) is 13.4. The molecular formula is C32H35N5OS. The Morgan fingerprint density at radius 3 is 2.51 bits per heavy atom. The molecule has 2 N–H and O–H groups in total. The fraction of sp³-hybridized carbons (Fsp3) is 0.281. The Hall–Kier alpha value is -3.97. The standard InChI is InChI=1S/C32H35N5OS/c1-21-13-14-22(2)28(18-21)34-29(38)15-17-36-31(30(35-32(36)39)27-12-8-9-16-33-27)26-19-23(3)37(24(26)4)20-25-10-6-5-7-11-25/h5-14,16,18-19,30-31H,15,17,20H2,1-4H3,(H,34,38)(H,35,39)/t30-,31+/m1/s1. The molecule has 0 saturated carbocycles. The first-order chi connectivity index (χ1) is 18.8. The molecule has 2 aromatic heterocycles. The van der Waals surface area contributed by atoms with Crippen LogP contribution < -0.4 is 10.6 Å². The first-order valence-corrected chi connectivity index (χ1v) is 13.8. The topological polar surface area (TPSA) is 62.2 Å². The van der Waals surface area contributed by atoms with Gasteiger partial charge in [-0.2, -0.15) is 0 Å². The van der Waals surface area contributed by atoms with Crippen LogP contribution in [0.2, 0.25) is 0 Å². The quantitative estimate of drug-likeness (QED) is 0.263. The van der Waals surface area contributed by atoms with Crippen molar-refractivity contribution >= 4 is 28.9 Å². The molecule has 0 aliphatic carbocycles. The van der Waals surface area contributed by atoms with Gasteiger partial charge in [0.05, 0.1) is 17.8 Å². The van der Waals surface area contributed by atoms with Crippen LogP contribution in [0.25, 0.3) is 0 Å². The van der Waals surface area contributed by atoms with Crippen LogP contribution in [-0.2, 0) is 11.3 Å². The number of carbonyl (C=O) groups excluding carboxylic acids is 1. The number of nitrogens with one attached hydrogen (secondary N) is 2. The van der Waals surface area contributed by atoms with Gasteiger partial charge in [-0.3, -0.25) is 9.78 Å². The predicted octanol–water partition coefficient (Wildman–Crippen LogP) is 6.17. The highest BCUT2D eigenvalue weighted by Crippen LogP contribution is 2.41. The van der Waals surface area contributed by atoms with E-state index in [-0.39, 0.29) is 18.0 Å². The fourth-order valence-electron chi connectivity index (χ4n) is 5.43. The van der Waals surface area contributed by atoms with Crippen molar-refractivity contribution in [1.82, 2.24) is 19.8 Å². The van der Waals surface area contributed by atoms with E-state index in [2.05, 4.69) is 75.3 Å². The number of benzene rings is 2. The van der Waals surface area contributed by atoms with E-state index >= 15 is 0 Å². The smallest absolute Gasteiger partial charge is 0.226 e. The van der Waals surface area contributed by atoms with Gasteiger partial charge in [0.1, 0.15) is 0 Å². The summed E-state index contributed by atoms with van der Waals surface area (Å²) in [4.78, 5) is 19.9. The van der Waals surface area contributed by atoms with Gasteiger partial charge in [0.15, 0.2) is 5.11 Å². The summed E-state index contributed by atoms with van der Waals surface area (Å²) >= 11 is 5.85. The van der Waals surface area contributed by atoms with E-state index in [0.29, 0.717) is 18.1 Å². The van der Waals surface area contributed by atoms with Gasteiger partial charge >= 0.3 is 0 Å². The highest BCUT2D eigenvalue weighted by atomic mass is 32.1. The molecular weight excluding hydrogens is 502 g/mol. The molecule has 1 fully saturated rings. The van der Waals surface area contributed by atoms with E-state index in [0.717, 1.165) is 29.1 Å². The summed E-state index contributed by atoms with van der Waals surface area (Å²) in [7, 11) is 0. The summed E-state index contributed by atoms with van der Waals surface area (Å²) < 4.78 is 2.35. The van der Waals surface area contributed by atoms with Crippen molar-refractivity contribution in [1.29, 1.82) is 0 Å². The number of aryl methyl sites for hydroxylation is 3. The molecule has 39 heavy (non-hydrogen) atoms. The number of amides is 1. The normalized spacial score (nSPS) is 16.8. The van der Waals surface area contributed by atoms with Gasteiger partial charge in [0, 0.05) is 42.8 Å². The third-order valence-corrected chi connectivity index (χ3v) is 7.91. The monoisotopic (exact) mass is 537 g/mol. The molecule has 0 radical (unpaired) electrons. The molecule has 1 amide bonds. The number of thiocarbonyl (C=S) groups is 1. The maximum absolute atomic E-state index is 13.0. The third-order valence-electron chi connectivity index (χ3n) is 7.56. The van der Waals surface area contributed by atoms with Crippen molar-refractivity contribution in [3.05, 3.63) is 118 Å². The van der Waals surface area contributed by atoms with Crippen LogP contribution in [0.4, 0.5) is 5.69 Å². The maximum Gasteiger partial charge on any atom is 0.226 e. The Bertz CT molecular complexity index is 1480. The maximum atomic E-state index is 13.0. The Balaban J connectivity index is 1.43. The second-order valence-electron chi connectivity index (χ2n) is 10.3. The molecule has 200 valence electrons. The average molecular weight is 538 g/mol. The summed E-state index contributed by atoms with van der Waals surface area (Å²) in [6.45, 7) is 9.66. The van der Waals surface area contributed by atoms with Gasteiger partial charge in [0.2, 0.25) is 5.91 Å². The van der Waals surface area contributed by atoms with Gasteiger partial charge in [0.25, 0.3) is 0 Å². The number of hydrogen-bond donors (Lipinski definition) is 2. The van der Waals surface area contributed by atoms with Crippen LogP contribution in [0.3, 0.4) is 0 Å². The number of pyridine rings is 1. The zero-order valence-corrected chi connectivity index (χ0v) is 23.8. The first kappa shape index (κ1) is 26.6. The van der Waals surface area contributed by atoms with Gasteiger partial charge < -0.3 is 20.1 Å². The zero-order valence-electron chi connectivity index (χ0n) is 22.9. The Morgan fingerprint density at radius 2 is 1.77 bits per heavy atom. The lowest BCUT2D eigenvalue weighted by atomic mass is 9.96. The molecule has 3 heterocycles.